The maximum atomic E-state index is 15.2. The van der Waals surface area contributed by atoms with Gasteiger partial charge in [0.1, 0.15) is 11.6 Å². The van der Waals surface area contributed by atoms with Crippen LogP contribution >= 0.6 is 0 Å². The number of rotatable bonds is 5. The molecule has 176 valence electrons. The summed E-state index contributed by atoms with van der Waals surface area (Å²) >= 11 is 0. The number of urea groups is 1. The molecule has 2 aromatic rings. The molecule has 33 heavy (non-hydrogen) atoms. The molecular weight excluding hydrogens is 423 g/mol. The van der Waals surface area contributed by atoms with Gasteiger partial charge in [0.2, 0.25) is 0 Å². The number of carbonyl (C=O) groups is 1. The van der Waals surface area contributed by atoms with Gasteiger partial charge in [0.15, 0.2) is 5.82 Å². The van der Waals surface area contributed by atoms with E-state index < -0.39 is 5.82 Å². The number of ether oxygens (including phenoxy) is 1. The number of carbonyl (C=O) groups excluding carboxylic acids is 1. The Hall–Kier alpha value is -2.78. The number of halogens is 1. The van der Waals surface area contributed by atoms with Crippen LogP contribution in [0.1, 0.15) is 44.9 Å². The minimum Gasteiger partial charge on any atom is -0.377 e. The van der Waals surface area contributed by atoms with Crippen molar-refractivity contribution in [3.63, 3.8) is 0 Å². The third-order valence-corrected chi connectivity index (χ3v) is 6.54. The lowest BCUT2D eigenvalue weighted by atomic mass is 10.1. The van der Waals surface area contributed by atoms with Crippen LogP contribution in [0.15, 0.2) is 18.2 Å². The quantitative estimate of drug-likeness (QED) is 0.720. The van der Waals surface area contributed by atoms with Gasteiger partial charge in [-0.2, -0.15) is 0 Å². The standard InChI is InChI=1S/C24H31FN6O2/c1-14(2)30-11-19-21(12-30)28-22(29-23(19)31-8-9-33-13-15(31)3)18-7-6-17(10-20(18)25)27-24(32)26-16-4-5-16/h6-7,10,14-16H,4-5,8-9,11-13H2,1-3H3,(H2,26,27,32). The molecule has 5 rings (SSSR count). The molecular formula is C24H31FN6O2. The monoisotopic (exact) mass is 454 g/mol. The topological polar surface area (TPSA) is 82.6 Å². The highest BCUT2D eigenvalue weighted by Gasteiger charge is 2.32. The highest BCUT2D eigenvalue weighted by molar-refractivity contribution is 5.90. The van der Waals surface area contributed by atoms with E-state index in [1.54, 1.807) is 12.1 Å². The molecule has 2 fully saturated rings. The molecule has 1 saturated carbocycles. The first kappa shape index (κ1) is 22.0. The Balaban J connectivity index is 1.47. The van der Waals surface area contributed by atoms with Crippen LogP contribution < -0.4 is 15.5 Å². The highest BCUT2D eigenvalue weighted by Crippen LogP contribution is 2.35. The molecule has 2 amide bonds. The fraction of sp³-hybridized carbons (Fsp3) is 0.542. The van der Waals surface area contributed by atoms with E-state index >= 15 is 4.39 Å². The molecule has 3 heterocycles. The second-order valence-corrected chi connectivity index (χ2v) is 9.48. The maximum Gasteiger partial charge on any atom is 0.319 e. The molecule has 1 aromatic heterocycles. The first-order valence-electron chi connectivity index (χ1n) is 11.7. The lowest BCUT2D eigenvalue weighted by Gasteiger charge is -2.35. The zero-order valence-electron chi connectivity index (χ0n) is 19.4. The average Bonchev–Trinajstić information content (AvgIpc) is 3.47. The van der Waals surface area contributed by atoms with Gasteiger partial charge in [-0.05, 0) is 51.8 Å². The normalized spacial score (nSPS) is 20.8. The third-order valence-electron chi connectivity index (χ3n) is 6.54. The van der Waals surface area contributed by atoms with Gasteiger partial charge in [-0.1, -0.05) is 0 Å². The van der Waals surface area contributed by atoms with Crippen molar-refractivity contribution in [3.8, 4) is 11.4 Å². The average molecular weight is 455 g/mol. The predicted molar refractivity (Wildman–Crippen MR) is 125 cm³/mol. The van der Waals surface area contributed by atoms with Crippen LogP contribution in [0, 0.1) is 5.82 Å². The first-order chi connectivity index (χ1) is 15.9. The zero-order valence-corrected chi connectivity index (χ0v) is 19.4. The Bertz CT molecular complexity index is 1060. The number of hydrogen-bond acceptors (Lipinski definition) is 6. The second-order valence-electron chi connectivity index (χ2n) is 9.48. The summed E-state index contributed by atoms with van der Waals surface area (Å²) in [5.74, 6) is 0.790. The molecule has 2 aliphatic heterocycles. The molecule has 1 aromatic carbocycles. The minimum atomic E-state index is -0.459. The van der Waals surface area contributed by atoms with Crippen LogP contribution in [-0.4, -0.2) is 58.8 Å². The SMILES string of the molecule is CC(C)N1Cc2nc(-c3ccc(NC(=O)NC4CC4)cc3F)nc(N3CCOCC3C)c2C1. The van der Waals surface area contributed by atoms with E-state index in [1.807, 2.05) is 0 Å². The van der Waals surface area contributed by atoms with Gasteiger partial charge in [0.05, 0.1) is 30.5 Å². The highest BCUT2D eigenvalue weighted by atomic mass is 19.1. The van der Waals surface area contributed by atoms with Crippen LogP contribution in [0.4, 0.5) is 20.7 Å². The van der Waals surface area contributed by atoms with Crippen molar-refractivity contribution in [1.82, 2.24) is 20.2 Å². The molecule has 0 radical (unpaired) electrons. The number of anilines is 2. The molecule has 1 unspecified atom stereocenters. The summed E-state index contributed by atoms with van der Waals surface area (Å²) in [7, 11) is 0. The number of aromatic nitrogens is 2. The van der Waals surface area contributed by atoms with Gasteiger partial charge < -0.3 is 20.3 Å². The number of fused-ring (bicyclic) bond motifs is 1. The van der Waals surface area contributed by atoms with E-state index in [0.717, 1.165) is 49.6 Å². The number of benzene rings is 1. The molecule has 0 bridgehead atoms. The lowest BCUT2D eigenvalue weighted by molar-refractivity contribution is 0.0984. The van der Waals surface area contributed by atoms with Gasteiger partial charge in [0.25, 0.3) is 0 Å². The molecule has 3 aliphatic rings. The minimum absolute atomic E-state index is 0.181. The second kappa shape index (κ2) is 8.87. The molecule has 9 heteroatoms. The summed E-state index contributed by atoms with van der Waals surface area (Å²) < 4.78 is 20.8. The van der Waals surface area contributed by atoms with Crippen molar-refractivity contribution in [3.05, 3.63) is 35.3 Å². The number of amides is 2. The van der Waals surface area contributed by atoms with E-state index in [2.05, 4.69) is 41.2 Å². The maximum absolute atomic E-state index is 15.2. The van der Waals surface area contributed by atoms with Crippen LogP contribution in [-0.2, 0) is 17.8 Å². The van der Waals surface area contributed by atoms with Crippen molar-refractivity contribution in [1.29, 1.82) is 0 Å². The fourth-order valence-electron chi connectivity index (χ4n) is 4.38. The molecule has 1 saturated heterocycles. The molecule has 1 atom stereocenters. The Kier molecular flexibility index (Phi) is 5.92. The van der Waals surface area contributed by atoms with Crippen molar-refractivity contribution >= 4 is 17.5 Å². The summed E-state index contributed by atoms with van der Waals surface area (Å²) in [5.41, 5.74) is 2.81. The summed E-state index contributed by atoms with van der Waals surface area (Å²) in [6.07, 6.45) is 1.99. The Morgan fingerprint density at radius 1 is 1.24 bits per heavy atom. The third kappa shape index (κ3) is 4.65. The summed E-state index contributed by atoms with van der Waals surface area (Å²) in [4.78, 5) is 26.3. The van der Waals surface area contributed by atoms with E-state index in [1.165, 1.54) is 6.07 Å². The number of nitrogens with one attached hydrogen (secondary N) is 2. The van der Waals surface area contributed by atoms with E-state index in [-0.39, 0.29) is 18.1 Å². The number of nitrogens with zero attached hydrogens (tertiary/aromatic N) is 4. The predicted octanol–water partition coefficient (Wildman–Crippen LogP) is 3.52. The van der Waals surface area contributed by atoms with Crippen molar-refractivity contribution in [2.75, 3.05) is 30.0 Å². The van der Waals surface area contributed by atoms with Gasteiger partial charge in [-0.3, -0.25) is 4.90 Å². The van der Waals surface area contributed by atoms with Gasteiger partial charge >= 0.3 is 6.03 Å². The molecule has 1 aliphatic carbocycles. The fourth-order valence-corrected chi connectivity index (χ4v) is 4.38. The van der Waals surface area contributed by atoms with Crippen molar-refractivity contribution < 1.29 is 13.9 Å². The Morgan fingerprint density at radius 2 is 2.06 bits per heavy atom. The molecule has 0 spiro atoms. The van der Waals surface area contributed by atoms with Crippen LogP contribution in [0.3, 0.4) is 0 Å². The Morgan fingerprint density at radius 3 is 2.76 bits per heavy atom. The Labute approximate surface area is 193 Å². The number of morpholine rings is 1. The largest absolute Gasteiger partial charge is 0.377 e. The first-order valence-corrected chi connectivity index (χ1v) is 11.7. The van der Waals surface area contributed by atoms with Gasteiger partial charge in [0, 0.05) is 43.0 Å². The molecule has 8 nitrogen and oxygen atoms in total. The zero-order chi connectivity index (χ0) is 23.1. The number of hydrogen-bond donors (Lipinski definition) is 2. The van der Waals surface area contributed by atoms with Gasteiger partial charge in [-0.15, -0.1) is 0 Å². The lowest BCUT2D eigenvalue weighted by Crippen LogP contribution is -2.44. The van der Waals surface area contributed by atoms with Crippen LogP contribution in [0.5, 0.6) is 0 Å². The van der Waals surface area contributed by atoms with Crippen molar-refractivity contribution in [2.24, 2.45) is 0 Å². The van der Waals surface area contributed by atoms with Crippen LogP contribution in [0.25, 0.3) is 11.4 Å². The van der Waals surface area contributed by atoms with E-state index in [9.17, 15) is 4.79 Å². The summed E-state index contributed by atoms with van der Waals surface area (Å²) in [5, 5.41) is 5.54. The van der Waals surface area contributed by atoms with Crippen molar-refractivity contribution in [2.45, 2.75) is 64.8 Å². The molecule has 2 N–H and O–H groups in total. The smallest absolute Gasteiger partial charge is 0.319 e. The van der Waals surface area contributed by atoms with E-state index in [0.29, 0.717) is 36.3 Å². The van der Waals surface area contributed by atoms with E-state index in [4.69, 9.17) is 14.7 Å². The van der Waals surface area contributed by atoms with Crippen LogP contribution in [0.2, 0.25) is 0 Å². The summed E-state index contributed by atoms with van der Waals surface area (Å²) in [6.45, 7) is 9.99. The summed E-state index contributed by atoms with van der Waals surface area (Å²) in [6, 6.07) is 5.15. The van der Waals surface area contributed by atoms with Gasteiger partial charge in [-0.25, -0.2) is 19.2 Å².